The van der Waals surface area contributed by atoms with E-state index in [4.69, 9.17) is 4.74 Å². The highest BCUT2D eigenvalue weighted by Gasteiger charge is 2.09. The fourth-order valence-electron chi connectivity index (χ4n) is 2.13. The van der Waals surface area contributed by atoms with Crippen molar-refractivity contribution in [2.45, 2.75) is 53.4 Å². The van der Waals surface area contributed by atoms with Crippen LogP contribution in [0.1, 0.15) is 50.7 Å². The van der Waals surface area contributed by atoms with Crippen LogP contribution in [0.4, 0.5) is 0 Å². The van der Waals surface area contributed by atoms with E-state index in [1.807, 2.05) is 0 Å². The van der Waals surface area contributed by atoms with Crippen molar-refractivity contribution in [2.75, 3.05) is 6.61 Å². The number of ether oxygens (including phenoxy) is 1. The summed E-state index contributed by atoms with van der Waals surface area (Å²) in [6, 6.07) is 6.33. The molecule has 1 aromatic rings. The smallest absolute Gasteiger partial charge is 0.125 e. The first-order valence-electron chi connectivity index (χ1n) is 6.88. The van der Waals surface area contributed by atoms with Gasteiger partial charge in [0.05, 0.1) is 6.61 Å². The summed E-state index contributed by atoms with van der Waals surface area (Å²) in [6.45, 7) is 9.61. The lowest BCUT2D eigenvalue weighted by Gasteiger charge is -2.18. The lowest BCUT2D eigenvalue weighted by Crippen LogP contribution is -2.12. The zero-order valence-electron chi connectivity index (χ0n) is 11.8. The van der Waals surface area contributed by atoms with E-state index < -0.39 is 0 Å². The quantitative estimate of drug-likeness (QED) is 0.652. The summed E-state index contributed by atoms with van der Waals surface area (Å²) in [5, 5.41) is 0. The molecule has 0 fully saturated rings. The van der Waals surface area contributed by atoms with E-state index in [1.165, 1.54) is 36.8 Å². The van der Waals surface area contributed by atoms with Gasteiger partial charge in [-0.15, -0.1) is 0 Å². The average Bonchev–Trinajstić information content (AvgIpc) is 2.32. The van der Waals surface area contributed by atoms with Crippen molar-refractivity contribution >= 4 is 0 Å². The van der Waals surface area contributed by atoms with E-state index in [2.05, 4.69) is 45.9 Å². The highest BCUT2D eigenvalue weighted by Crippen LogP contribution is 2.24. The van der Waals surface area contributed by atoms with Crippen molar-refractivity contribution in [3.63, 3.8) is 0 Å². The number of hydrogen-bond acceptors (Lipinski definition) is 1. The van der Waals surface area contributed by atoms with Crippen molar-refractivity contribution < 1.29 is 4.74 Å². The molecule has 0 aromatic heterocycles. The first-order valence-corrected chi connectivity index (χ1v) is 6.88. The average molecular weight is 234 g/mol. The SMILES string of the molecule is CCCCC(CC)COc1c(C)cccc1C. The number of hydrogen-bond donors (Lipinski definition) is 0. The monoisotopic (exact) mass is 234 g/mol. The molecule has 1 atom stereocenters. The Morgan fingerprint density at radius 2 is 1.76 bits per heavy atom. The first-order chi connectivity index (χ1) is 8.19. The molecule has 1 aromatic carbocycles. The molecule has 0 N–H and O–H groups in total. The summed E-state index contributed by atoms with van der Waals surface area (Å²) in [5.41, 5.74) is 2.49. The highest BCUT2D eigenvalue weighted by molar-refractivity contribution is 5.39. The number of unbranched alkanes of at least 4 members (excludes halogenated alkanes) is 1. The molecule has 0 aliphatic heterocycles. The van der Waals surface area contributed by atoms with Crippen molar-refractivity contribution in [3.05, 3.63) is 29.3 Å². The van der Waals surface area contributed by atoms with Gasteiger partial charge in [0, 0.05) is 0 Å². The third-order valence-electron chi connectivity index (χ3n) is 3.42. The normalized spacial score (nSPS) is 12.5. The Balaban J connectivity index is 2.53. The van der Waals surface area contributed by atoms with Crippen LogP contribution in [0.2, 0.25) is 0 Å². The Labute approximate surface area is 106 Å². The van der Waals surface area contributed by atoms with Gasteiger partial charge in [-0.3, -0.25) is 0 Å². The van der Waals surface area contributed by atoms with Gasteiger partial charge in [-0.2, -0.15) is 0 Å². The Bertz CT molecular complexity index is 310. The zero-order chi connectivity index (χ0) is 12.7. The highest BCUT2D eigenvalue weighted by atomic mass is 16.5. The van der Waals surface area contributed by atoms with Crippen LogP contribution in [0.15, 0.2) is 18.2 Å². The molecule has 96 valence electrons. The van der Waals surface area contributed by atoms with Crippen LogP contribution in [0, 0.1) is 19.8 Å². The van der Waals surface area contributed by atoms with Crippen LogP contribution in [-0.2, 0) is 0 Å². The summed E-state index contributed by atoms with van der Waals surface area (Å²) in [6.07, 6.45) is 5.09. The fourth-order valence-corrected chi connectivity index (χ4v) is 2.13. The Kier molecular flexibility index (Phi) is 6.10. The van der Waals surface area contributed by atoms with Crippen molar-refractivity contribution in [2.24, 2.45) is 5.92 Å². The van der Waals surface area contributed by atoms with E-state index in [0.29, 0.717) is 5.92 Å². The fraction of sp³-hybridized carbons (Fsp3) is 0.625. The van der Waals surface area contributed by atoms with Gasteiger partial charge < -0.3 is 4.74 Å². The first kappa shape index (κ1) is 14.1. The Morgan fingerprint density at radius 1 is 1.12 bits per heavy atom. The topological polar surface area (TPSA) is 9.23 Å². The molecular weight excluding hydrogens is 208 g/mol. The van der Waals surface area contributed by atoms with Gasteiger partial charge in [0.15, 0.2) is 0 Å². The summed E-state index contributed by atoms with van der Waals surface area (Å²) in [5.74, 6) is 1.79. The molecule has 0 saturated heterocycles. The number of rotatable bonds is 7. The van der Waals surface area contributed by atoms with E-state index in [1.54, 1.807) is 0 Å². The predicted molar refractivity (Wildman–Crippen MR) is 74.7 cm³/mol. The maximum Gasteiger partial charge on any atom is 0.125 e. The second-order valence-corrected chi connectivity index (χ2v) is 4.95. The Morgan fingerprint density at radius 3 is 2.29 bits per heavy atom. The number of aryl methyl sites for hydroxylation is 2. The predicted octanol–water partition coefficient (Wildman–Crippen LogP) is 4.90. The summed E-state index contributed by atoms with van der Waals surface area (Å²) >= 11 is 0. The largest absolute Gasteiger partial charge is 0.493 e. The van der Waals surface area contributed by atoms with Crippen LogP contribution in [0.5, 0.6) is 5.75 Å². The van der Waals surface area contributed by atoms with Crippen molar-refractivity contribution in [3.8, 4) is 5.75 Å². The van der Waals surface area contributed by atoms with Gasteiger partial charge in [-0.05, 0) is 37.3 Å². The van der Waals surface area contributed by atoms with Crippen LogP contribution < -0.4 is 4.74 Å². The number of benzene rings is 1. The molecule has 0 aliphatic carbocycles. The minimum absolute atomic E-state index is 0.703. The van der Waals surface area contributed by atoms with E-state index >= 15 is 0 Å². The molecule has 1 rings (SSSR count). The Hall–Kier alpha value is -0.980. The van der Waals surface area contributed by atoms with Gasteiger partial charge in [-0.1, -0.05) is 51.3 Å². The van der Waals surface area contributed by atoms with Gasteiger partial charge in [0.2, 0.25) is 0 Å². The van der Waals surface area contributed by atoms with Gasteiger partial charge in [0.1, 0.15) is 5.75 Å². The van der Waals surface area contributed by atoms with E-state index in [9.17, 15) is 0 Å². The summed E-state index contributed by atoms with van der Waals surface area (Å²) < 4.78 is 6.02. The van der Waals surface area contributed by atoms with Gasteiger partial charge in [-0.25, -0.2) is 0 Å². The van der Waals surface area contributed by atoms with Crippen LogP contribution in [-0.4, -0.2) is 6.61 Å². The summed E-state index contributed by atoms with van der Waals surface area (Å²) in [4.78, 5) is 0. The molecule has 1 heteroatoms. The molecular formula is C16H26O. The molecule has 0 spiro atoms. The van der Waals surface area contributed by atoms with Gasteiger partial charge >= 0.3 is 0 Å². The zero-order valence-corrected chi connectivity index (χ0v) is 11.8. The summed E-state index contributed by atoms with van der Waals surface area (Å²) in [7, 11) is 0. The third-order valence-corrected chi connectivity index (χ3v) is 3.42. The number of para-hydroxylation sites is 1. The van der Waals surface area contributed by atoms with Crippen LogP contribution in [0.3, 0.4) is 0 Å². The van der Waals surface area contributed by atoms with Crippen LogP contribution >= 0.6 is 0 Å². The molecule has 1 unspecified atom stereocenters. The maximum absolute atomic E-state index is 6.02. The molecule has 0 saturated carbocycles. The molecule has 0 amide bonds. The lowest BCUT2D eigenvalue weighted by atomic mass is 10.0. The minimum atomic E-state index is 0.703. The van der Waals surface area contributed by atoms with Crippen molar-refractivity contribution in [1.82, 2.24) is 0 Å². The molecule has 0 aliphatic rings. The molecule has 0 heterocycles. The second-order valence-electron chi connectivity index (χ2n) is 4.95. The van der Waals surface area contributed by atoms with E-state index in [0.717, 1.165) is 12.4 Å². The molecule has 1 nitrogen and oxygen atoms in total. The molecule has 17 heavy (non-hydrogen) atoms. The standard InChI is InChI=1S/C16H26O/c1-5-7-11-15(6-2)12-17-16-13(3)9-8-10-14(16)4/h8-10,15H,5-7,11-12H2,1-4H3. The van der Waals surface area contributed by atoms with E-state index in [-0.39, 0.29) is 0 Å². The molecule has 0 bridgehead atoms. The van der Waals surface area contributed by atoms with Gasteiger partial charge in [0.25, 0.3) is 0 Å². The second kappa shape index (κ2) is 7.37. The van der Waals surface area contributed by atoms with Crippen LogP contribution in [0.25, 0.3) is 0 Å². The lowest BCUT2D eigenvalue weighted by molar-refractivity contribution is 0.231. The molecule has 0 radical (unpaired) electrons. The van der Waals surface area contributed by atoms with Crippen molar-refractivity contribution in [1.29, 1.82) is 0 Å². The third kappa shape index (κ3) is 4.41. The minimum Gasteiger partial charge on any atom is -0.493 e. The maximum atomic E-state index is 6.02.